The number of terminal acetylenes is 1. The van der Waals surface area contributed by atoms with E-state index >= 15 is 0 Å². The molecule has 0 spiro atoms. The lowest BCUT2D eigenvalue weighted by molar-refractivity contribution is 0.102. The number of ketones is 1. The molecule has 0 aliphatic heterocycles. The molecule has 0 aromatic carbocycles. The van der Waals surface area contributed by atoms with Gasteiger partial charge in [0.1, 0.15) is 0 Å². The van der Waals surface area contributed by atoms with Crippen molar-refractivity contribution in [2.75, 3.05) is 0 Å². The minimum atomic E-state index is 0.0830. The number of thiophene rings is 1. The molecule has 1 nitrogen and oxygen atoms in total. The van der Waals surface area contributed by atoms with Crippen LogP contribution in [0, 0.1) is 19.3 Å². The molecule has 1 aromatic heterocycles. The summed E-state index contributed by atoms with van der Waals surface area (Å²) < 4.78 is 0. The minimum Gasteiger partial charge on any atom is -0.294 e. The molecule has 0 N–H and O–H groups in total. The molecular formula is C9H8OS. The lowest BCUT2D eigenvalue weighted by Crippen LogP contribution is -1.83. The summed E-state index contributed by atoms with van der Waals surface area (Å²) in [4.78, 5) is 12.5. The van der Waals surface area contributed by atoms with Gasteiger partial charge in [0.25, 0.3) is 0 Å². The van der Waals surface area contributed by atoms with Crippen LogP contribution in [-0.4, -0.2) is 5.78 Å². The molecule has 0 atom stereocenters. The zero-order chi connectivity index (χ0) is 8.43. The lowest BCUT2D eigenvalue weighted by Gasteiger charge is -1.80. The topological polar surface area (TPSA) is 17.1 Å². The van der Waals surface area contributed by atoms with E-state index in [2.05, 4.69) is 5.92 Å². The molecule has 0 bridgehead atoms. The van der Waals surface area contributed by atoms with Crippen molar-refractivity contribution in [1.29, 1.82) is 0 Å². The predicted molar refractivity (Wildman–Crippen MR) is 47.0 cm³/mol. The van der Waals surface area contributed by atoms with Crippen LogP contribution in [0.1, 0.15) is 27.0 Å². The van der Waals surface area contributed by atoms with Crippen molar-refractivity contribution in [1.82, 2.24) is 0 Å². The van der Waals surface area contributed by atoms with E-state index in [1.54, 1.807) is 6.92 Å². The lowest BCUT2D eigenvalue weighted by atomic mass is 10.2. The highest BCUT2D eigenvalue weighted by Gasteiger charge is 2.05. The van der Waals surface area contributed by atoms with Crippen LogP contribution < -0.4 is 0 Å². The van der Waals surface area contributed by atoms with E-state index in [9.17, 15) is 4.79 Å². The molecule has 0 saturated heterocycles. The Morgan fingerprint density at radius 2 is 2.36 bits per heavy atom. The third kappa shape index (κ3) is 1.50. The summed E-state index contributed by atoms with van der Waals surface area (Å²) in [5.41, 5.74) is 1.02. The Kier molecular flexibility index (Phi) is 2.11. The Hall–Kier alpha value is -1.07. The Morgan fingerprint density at radius 1 is 1.73 bits per heavy atom. The second kappa shape index (κ2) is 2.89. The smallest absolute Gasteiger partial charge is 0.169 e. The van der Waals surface area contributed by atoms with Gasteiger partial charge in [0, 0.05) is 0 Å². The predicted octanol–water partition coefficient (Wildman–Crippen LogP) is 2.24. The molecule has 56 valence electrons. The van der Waals surface area contributed by atoms with Gasteiger partial charge in [-0.2, -0.15) is 0 Å². The van der Waals surface area contributed by atoms with Gasteiger partial charge < -0.3 is 0 Å². The number of hydrogen-bond acceptors (Lipinski definition) is 2. The van der Waals surface area contributed by atoms with Crippen molar-refractivity contribution >= 4 is 17.1 Å². The zero-order valence-corrected chi connectivity index (χ0v) is 7.29. The molecule has 1 aromatic rings. The van der Waals surface area contributed by atoms with Gasteiger partial charge in [0.05, 0.1) is 9.75 Å². The third-order valence-electron chi connectivity index (χ3n) is 1.40. The molecule has 0 saturated carbocycles. The molecule has 0 aliphatic carbocycles. The normalized spacial score (nSPS) is 9.18. The van der Waals surface area contributed by atoms with E-state index in [1.807, 2.05) is 13.0 Å². The zero-order valence-electron chi connectivity index (χ0n) is 6.47. The van der Waals surface area contributed by atoms with Crippen LogP contribution in [0.3, 0.4) is 0 Å². The molecular weight excluding hydrogens is 156 g/mol. The van der Waals surface area contributed by atoms with E-state index < -0.39 is 0 Å². The summed E-state index contributed by atoms with van der Waals surface area (Å²) in [6, 6.07) is 1.84. The summed E-state index contributed by atoms with van der Waals surface area (Å²) >= 11 is 1.38. The minimum absolute atomic E-state index is 0.0830. The Balaban J connectivity index is 3.18. The first-order valence-corrected chi connectivity index (χ1v) is 4.04. The summed E-state index contributed by atoms with van der Waals surface area (Å²) in [6.45, 7) is 3.46. The highest BCUT2D eigenvalue weighted by Crippen LogP contribution is 2.20. The van der Waals surface area contributed by atoms with E-state index in [-0.39, 0.29) is 5.78 Å². The van der Waals surface area contributed by atoms with E-state index in [1.165, 1.54) is 11.3 Å². The summed E-state index contributed by atoms with van der Waals surface area (Å²) in [5.74, 6) is 2.62. The summed E-state index contributed by atoms with van der Waals surface area (Å²) in [6.07, 6.45) is 5.21. The van der Waals surface area contributed by atoms with Crippen molar-refractivity contribution in [2.24, 2.45) is 0 Å². The molecule has 1 heterocycles. The van der Waals surface area contributed by atoms with Crippen molar-refractivity contribution in [3.8, 4) is 12.3 Å². The van der Waals surface area contributed by atoms with Crippen LogP contribution in [-0.2, 0) is 0 Å². The fourth-order valence-corrected chi connectivity index (χ4v) is 1.68. The van der Waals surface area contributed by atoms with E-state index in [0.29, 0.717) is 0 Å². The summed E-state index contributed by atoms with van der Waals surface area (Å²) in [5, 5.41) is 0. The number of carbonyl (C=O) groups is 1. The SMILES string of the molecule is C#Cc1sc(C(C)=O)cc1C. The maximum Gasteiger partial charge on any atom is 0.169 e. The van der Waals surface area contributed by atoms with Crippen LogP contribution in [0.5, 0.6) is 0 Å². The van der Waals surface area contributed by atoms with Crippen LogP contribution in [0.25, 0.3) is 0 Å². The second-order valence-electron chi connectivity index (χ2n) is 2.32. The fourth-order valence-electron chi connectivity index (χ4n) is 0.799. The van der Waals surface area contributed by atoms with Gasteiger partial charge in [-0.1, -0.05) is 5.92 Å². The molecule has 0 fully saturated rings. The second-order valence-corrected chi connectivity index (χ2v) is 3.38. The summed E-state index contributed by atoms with van der Waals surface area (Å²) in [7, 11) is 0. The average Bonchev–Trinajstić information content (AvgIpc) is 2.31. The van der Waals surface area contributed by atoms with Crippen molar-refractivity contribution in [3.05, 3.63) is 21.4 Å². The number of rotatable bonds is 1. The van der Waals surface area contributed by atoms with Crippen LogP contribution in [0.15, 0.2) is 6.07 Å². The molecule has 0 unspecified atom stereocenters. The highest BCUT2D eigenvalue weighted by atomic mass is 32.1. The van der Waals surface area contributed by atoms with Crippen LogP contribution in [0.4, 0.5) is 0 Å². The van der Waals surface area contributed by atoms with Gasteiger partial charge in [0.15, 0.2) is 5.78 Å². The van der Waals surface area contributed by atoms with E-state index in [4.69, 9.17) is 6.42 Å². The van der Waals surface area contributed by atoms with Crippen LogP contribution >= 0.6 is 11.3 Å². The first kappa shape index (κ1) is 8.03. The quantitative estimate of drug-likeness (QED) is 0.459. The van der Waals surface area contributed by atoms with Gasteiger partial charge in [-0.05, 0) is 25.5 Å². The molecule has 11 heavy (non-hydrogen) atoms. The Bertz CT molecular complexity index is 328. The molecule has 1 rings (SSSR count). The molecule has 0 aliphatic rings. The van der Waals surface area contributed by atoms with Crippen molar-refractivity contribution in [3.63, 3.8) is 0 Å². The molecule has 2 heteroatoms. The molecule has 0 radical (unpaired) electrons. The van der Waals surface area contributed by atoms with Crippen molar-refractivity contribution < 1.29 is 4.79 Å². The number of Topliss-reactive ketones (excluding diaryl/α,β-unsaturated/α-hetero) is 1. The Morgan fingerprint density at radius 3 is 2.64 bits per heavy atom. The standard InChI is InChI=1S/C9H8OS/c1-4-8-6(2)5-9(11-8)7(3)10/h1,5H,2-3H3. The number of carbonyl (C=O) groups excluding carboxylic acids is 1. The first-order chi connectivity index (χ1) is 5.15. The van der Waals surface area contributed by atoms with Gasteiger partial charge >= 0.3 is 0 Å². The maximum absolute atomic E-state index is 10.9. The average molecular weight is 164 g/mol. The first-order valence-electron chi connectivity index (χ1n) is 3.23. The fraction of sp³-hybridized carbons (Fsp3) is 0.222. The van der Waals surface area contributed by atoms with Gasteiger partial charge in [-0.25, -0.2) is 0 Å². The maximum atomic E-state index is 10.9. The highest BCUT2D eigenvalue weighted by molar-refractivity contribution is 7.14. The number of aryl methyl sites for hydroxylation is 1. The third-order valence-corrected chi connectivity index (χ3v) is 2.67. The van der Waals surface area contributed by atoms with Crippen LogP contribution in [0.2, 0.25) is 0 Å². The van der Waals surface area contributed by atoms with Gasteiger partial charge in [0.2, 0.25) is 0 Å². The van der Waals surface area contributed by atoms with Gasteiger partial charge in [-0.3, -0.25) is 4.79 Å². The van der Waals surface area contributed by atoms with Crippen molar-refractivity contribution in [2.45, 2.75) is 13.8 Å². The van der Waals surface area contributed by atoms with E-state index in [0.717, 1.165) is 15.3 Å². The number of hydrogen-bond donors (Lipinski definition) is 0. The molecule has 0 amide bonds. The largest absolute Gasteiger partial charge is 0.294 e. The Labute approximate surface area is 70.1 Å². The van der Waals surface area contributed by atoms with Gasteiger partial charge in [-0.15, -0.1) is 17.8 Å². The monoisotopic (exact) mass is 164 g/mol.